The van der Waals surface area contributed by atoms with Crippen molar-refractivity contribution >= 4 is 17.5 Å². The van der Waals surface area contributed by atoms with Crippen LogP contribution in [0.5, 0.6) is 17.2 Å². The molecule has 2 amide bonds. The van der Waals surface area contributed by atoms with Crippen LogP contribution in [0, 0.1) is 5.92 Å². The molecule has 0 radical (unpaired) electrons. The van der Waals surface area contributed by atoms with E-state index in [1.54, 1.807) is 0 Å². The Kier molecular flexibility index (Phi) is 8.69. The minimum Gasteiger partial charge on any atom is -0.490 e. The third-order valence-corrected chi connectivity index (χ3v) is 8.14. The molecule has 3 aliphatic rings. The predicted octanol–water partition coefficient (Wildman–Crippen LogP) is 4.54. The molecule has 6 rings (SSSR count). The minimum absolute atomic E-state index is 0.0419. The molecule has 3 aromatic carbocycles. The molecule has 2 fully saturated rings. The lowest BCUT2D eigenvalue weighted by atomic mass is 9.76. The summed E-state index contributed by atoms with van der Waals surface area (Å²) in [5.41, 5.74) is 2.54. The molecular formula is C33H36N2O7. The summed E-state index contributed by atoms with van der Waals surface area (Å²) in [7, 11) is 0. The Morgan fingerprint density at radius 2 is 1.76 bits per heavy atom. The van der Waals surface area contributed by atoms with Crippen molar-refractivity contribution in [2.45, 2.75) is 56.5 Å². The van der Waals surface area contributed by atoms with Gasteiger partial charge in [0.05, 0.1) is 44.4 Å². The van der Waals surface area contributed by atoms with Gasteiger partial charge in [-0.25, -0.2) is 0 Å². The van der Waals surface area contributed by atoms with Gasteiger partial charge in [0.1, 0.15) is 23.4 Å². The predicted molar refractivity (Wildman–Crippen MR) is 156 cm³/mol. The van der Waals surface area contributed by atoms with Crippen molar-refractivity contribution in [3.63, 3.8) is 0 Å². The molecule has 4 atom stereocenters. The van der Waals surface area contributed by atoms with Crippen LogP contribution in [0.3, 0.4) is 0 Å². The first-order chi connectivity index (χ1) is 20.6. The maximum atomic E-state index is 13.2. The van der Waals surface area contributed by atoms with Gasteiger partial charge in [0, 0.05) is 36.6 Å². The quantitative estimate of drug-likeness (QED) is 0.345. The number of para-hydroxylation sites is 1. The molecule has 0 unspecified atom stereocenters. The van der Waals surface area contributed by atoms with Gasteiger partial charge < -0.3 is 34.7 Å². The van der Waals surface area contributed by atoms with Crippen molar-refractivity contribution in [3.05, 3.63) is 83.9 Å². The number of amides is 2. The van der Waals surface area contributed by atoms with E-state index in [1.807, 2.05) is 72.8 Å². The Morgan fingerprint density at radius 3 is 2.52 bits per heavy atom. The molecular weight excluding hydrogens is 536 g/mol. The highest BCUT2D eigenvalue weighted by Gasteiger charge is 2.46. The fourth-order valence-corrected chi connectivity index (χ4v) is 6.04. The summed E-state index contributed by atoms with van der Waals surface area (Å²) in [6, 6.07) is 22.8. The molecule has 42 heavy (non-hydrogen) atoms. The van der Waals surface area contributed by atoms with Gasteiger partial charge in [0.2, 0.25) is 11.8 Å². The van der Waals surface area contributed by atoms with Crippen LogP contribution in [0.2, 0.25) is 0 Å². The summed E-state index contributed by atoms with van der Waals surface area (Å²) in [6.07, 6.45) is 1.04. The summed E-state index contributed by atoms with van der Waals surface area (Å²) in [4.78, 5) is 26.2. The Bertz CT molecular complexity index is 1370. The fourth-order valence-electron chi connectivity index (χ4n) is 6.04. The van der Waals surface area contributed by atoms with Gasteiger partial charge in [0.25, 0.3) is 0 Å². The standard InChI is InChI=1S/C33H36N2O7/c36-20-30-32-28(27-16-22(35-33(32)38)8-11-29(27)41-25-12-14-39-15-13-25)17-26(42-30)18-31(37)34-19-21-6-9-24(10-7-21)40-23-4-2-1-3-5-23/h1-11,16,25-26,28,30,32,36H,12-15,17-20H2,(H,34,37)(H,35,38)/t26-,28+,30-,32-/m0/s1. The van der Waals surface area contributed by atoms with Gasteiger partial charge in [0.15, 0.2) is 0 Å². The van der Waals surface area contributed by atoms with Crippen LogP contribution in [0.15, 0.2) is 72.8 Å². The van der Waals surface area contributed by atoms with Crippen LogP contribution in [0.4, 0.5) is 5.69 Å². The number of aliphatic hydroxyl groups excluding tert-OH is 1. The highest BCUT2D eigenvalue weighted by molar-refractivity contribution is 5.95. The van der Waals surface area contributed by atoms with Crippen molar-refractivity contribution in [3.8, 4) is 17.2 Å². The molecule has 3 aromatic rings. The number of fused-ring (bicyclic) bond motifs is 4. The zero-order valence-corrected chi connectivity index (χ0v) is 23.4. The van der Waals surface area contributed by atoms with E-state index >= 15 is 0 Å². The summed E-state index contributed by atoms with van der Waals surface area (Å²) >= 11 is 0. The maximum Gasteiger partial charge on any atom is 0.230 e. The van der Waals surface area contributed by atoms with Crippen molar-refractivity contribution in [2.75, 3.05) is 25.1 Å². The van der Waals surface area contributed by atoms with Gasteiger partial charge >= 0.3 is 0 Å². The summed E-state index contributed by atoms with van der Waals surface area (Å²) in [5.74, 6) is 0.998. The van der Waals surface area contributed by atoms with Crippen molar-refractivity contribution in [1.29, 1.82) is 0 Å². The van der Waals surface area contributed by atoms with Crippen molar-refractivity contribution < 1.29 is 33.6 Å². The molecule has 0 saturated carbocycles. The van der Waals surface area contributed by atoms with E-state index in [0.717, 1.165) is 35.5 Å². The highest BCUT2D eigenvalue weighted by Crippen LogP contribution is 2.46. The van der Waals surface area contributed by atoms with Gasteiger partial charge in [-0.05, 0) is 54.4 Å². The Labute approximate surface area is 245 Å². The van der Waals surface area contributed by atoms with Crippen molar-refractivity contribution in [2.24, 2.45) is 5.92 Å². The number of hydrogen-bond acceptors (Lipinski definition) is 7. The van der Waals surface area contributed by atoms with Gasteiger partial charge in [-0.3, -0.25) is 9.59 Å². The number of aliphatic hydroxyl groups is 1. The van der Waals surface area contributed by atoms with E-state index in [-0.39, 0.29) is 36.9 Å². The van der Waals surface area contributed by atoms with Gasteiger partial charge in [-0.15, -0.1) is 0 Å². The van der Waals surface area contributed by atoms with Gasteiger partial charge in [-0.1, -0.05) is 30.3 Å². The zero-order valence-electron chi connectivity index (χ0n) is 23.4. The lowest BCUT2D eigenvalue weighted by Gasteiger charge is -2.40. The number of hydrogen-bond donors (Lipinski definition) is 3. The second-order valence-corrected chi connectivity index (χ2v) is 11.1. The number of rotatable bonds is 9. The van der Waals surface area contributed by atoms with Crippen LogP contribution in [-0.4, -0.2) is 55.1 Å². The molecule has 0 aliphatic carbocycles. The number of anilines is 1. The molecule has 3 heterocycles. The fraction of sp³-hybridized carbons (Fsp3) is 0.394. The van der Waals surface area contributed by atoms with Crippen LogP contribution in [0.1, 0.15) is 42.7 Å². The number of ether oxygens (including phenoxy) is 4. The summed E-state index contributed by atoms with van der Waals surface area (Å²) in [5, 5.41) is 16.1. The van der Waals surface area contributed by atoms with E-state index in [0.29, 0.717) is 37.6 Å². The molecule has 9 heteroatoms. The smallest absolute Gasteiger partial charge is 0.230 e. The lowest BCUT2D eigenvalue weighted by molar-refractivity contribution is -0.148. The third kappa shape index (κ3) is 6.59. The Hall–Kier alpha value is -3.92. The monoisotopic (exact) mass is 572 g/mol. The molecule has 220 valence electrons. The Balaban J connectivity index is 1.10. The minimum atomic E-state index is -0.733. The molecule has 0 spiro atoms. The summed E-state index contributed by atoms with van der Waals surface area (Å²) in [6.45, 7) is 1.36. The topological polar surface area (TPSA) is 115 Å². The van der Waals surface area contributed by atoms with Crippen LogP contribution < -0.4 is 20.1 Å². The number of benzene rings is 3. The van der Waals surface area contributed by atoms with Crippen LogP contribution in [0.25, 0.3) is 0 Å². The van der Waals surface area contributed by atoms with Crippen LogP contribution in [-0.2, 0) is 25.6 Å². The van der Waals surface area contributed by atoms with E-state index in [4.69, 9.17) is 18.9 Å². The molecule has 0 aromatic heterocycles. The average molecular weight is 573 g/mol. The van der Waals surface area contributed by atoms with Gasteiger partial charge in [-0.2, -0.15) is 0 Å². The normalized spacial score (nSPS) is 23.7. The largest absolute Gasteiger partial charge is 0.490 e. The average Bonchev–Trinajstić information content (AvgIpc) is 3.12. The first-order valence-electron chi connectivity index (χ1n) is 14.6. The van der Waals surface area contributed by atoms with E-state index in [2.05, 4.69) is 10.6 Å². The highest BCUT2D eigenvalue weighted by atomic mass is 16.5. The number of carbonyl (C=O) groups is 2. The number of nitrogens with one attached hydrogen (secondary N) is 2. The van der Waals surface area contributed by atoms with E-state index < -0.39 is 18.1 Å². The van der Waals surface area contributed by atoms with E-state index in [9.17, 15) is 14.7 Å². The maximum absolute atomic E-state index is 13.2. The third-order valence-electron chi connectivity index (χ3n) is 8.14. The van der Waals surface area contributed by atoms with E-state index in [1.165, 1.54) is 0 Å². The Morgan fingerprint density at radius 1 is 1.00 bits per heavy atom. The SMILES string of the molecule is O=C(C[C@@H]1C[C@@H]2c3cc(ccc3OC3CCOCC3)NC(=O)[C@@H]2[C@H](CO)O1)NCc1ccc(Oc2ccccc2)cc1. The lowest BCUT2D eigenvalue weighted by Crippen LogP contribution is -2.48. The first kappa shape index (κ1) is 28.2. The second-order valence-electron chi connectivity index (χ2n) is 11.1. The summed E-state index contributed by atoms with van der Waals surface area (Å²) < 4.78 is 23.9. The number of carbonyl (C=O) groups excluding carboxylic acids is 2. The van der Waals surface area contributed by atoms with Crippen LogP contribution >= 0.6 is 0 Å². The molecule has 3 aliphatic heterocycles. The molecule has 3 N–H and O–H groups in total. The second kappa shape index (κ2) is 12.9. The molecule has 9 nitrogen and oxygen atoms in total. The first-order valence-corrected chi connectivity index (χ1v) is 14.6. The zero-order chi connectivity index (χ0) is 28.9. The van der Waals surface area contributed by atoms with Crippen molar-refractivity contribution in [1.82, 2.24) is 5.32 Å². The molecule has 2 saturated heterocycles. The molecule has 2 bridgehead atoms.